The number of pyridine rings is 1. The standard InChI is InChI=1S/C20H21N3O2/c1-3-20(2,25)16-7-4-13(5-8-16)15-10-17-14(6-9-18(21)24)11-22-19(17)23-12-15/h4-12,25H,3H2,1-2H3,(H2,21,24)(H,22,23)/b9-6+. The van der Waals surface area contributed by atoms with Crippen molar-refractivity contribution in [3.63, 3.8) is 0 Å². The fourth-order valence-electron chi connectivity index (χ4n) is 2.72. The normalized spacial score (nSPS) is 14.0. The number of aromatic amines is 1. The highest BCUT2D eigenvalue weighted by molar-refractivity contribution is 5.95. The number of primary amides is 1. The molecule has 25 heavy (non-hydrogen) atoms. The van der Waals surface area contributed by atoms with Crippen molar-refractivity contribution in [3.05, 3.63) is 59.9 Å². The van der Waals surface area contributed by atoms with Crippen LogP contribution < -0.4 is 5.73 Å². The van der Waals surface area contributed by atoms with E-state index >= 15 is 0 Å². The van der Waals surface area contributed by atoms with Crippen LogP contribution in [0, 0.1) is 0 Å². The second-order valence-corrected chi connectivity index (χ2v) is 6.30. The molecule has 0 radical (unpaired) electrons. The molecule has 0 fully saturated rings. The average molecular weight is 335 g/mol. The summed E-state index contributed by atoms with van der Waals surface area (Å²) in [6, 6.07) is 9.86. The van der Waals surface area contributed by atoms with Gasteiger partial charge in [-0.1, -0.05) is 31.2 Å². The van der Waals surface area contributed by atoms with Crippen molar-refractivity contribution >= 4 is 23.0 Å². The number of hydrogen-bond donors (Lipinski definition) is 3. The van der Waals surface area contributed by atoms with Gasteiger partial charge >= 0.3 is 0 Å². The van der Waals surface area contributed by atoms with Gasteiger partial charge in [0.1, 0.15) is 5.65 Å². The van der Waals surface area contributed by atoms with Crippen LogP contribution in [0.3, 0.4) is 0 Å². The van der Waals surface area contributed by atoms with Crippen LogP contribution in [0.2, 0.25) is 0 Å². The van der Waals surface area contributed by atoms with Crippen molar-refractivity contribution in [1.82, 2.24) is 9.97 Å². The van der Waals surface area contributed by atoms with Gasteiger partial charge in [0.25, 0.3) is 0 Å². The Balaban J connectivity index is 1.99. The number of fused-ring (bicyclic) bond motifs is 1. The van der Waals surface area contributed by atoms with Crippen LogP contribution in [0.4, 0.5) is 0 Å². The quantitative estimate of drug-likeness (QED) is 0.624. The molecular weight excluding hydrogens is 314 g/mol. The summed E-state index contributed by atoms with van der Waals surface area (Å²) >= 11 is 0. The highest BCUT2D eigenvalue weighted by Gasteiger charge is 2.20. The third kappa shape index (κ3) is 3.46. The van der Waals surface area contributed by atoms with E-state index in [1.54, 1.807) is 18.5 Å². The monoisotopic (exact) mass is 335 g/mol. The van der Waals surface area contributed by atoms with Gasteiger partial charge in [-0.25, -0.2) is 4.98 Å². The number of hydrogen-bond acceptors (Lipinski definition) is 3. The number of benzene rings is 1. The van der Waals surface area contributed by atoms with Crippen LogP contribution in [0.5, 0.6) is 0 Å². The maximum absolute atomic E-state index is 10.9. The number of aliphatic hydroxyl groups is 1. The smallest absolute Gasteiger partial charge is 0.241 e. The largest absolute Gasteiger partial charge is 0.385 e. The number of aromatic nitrogens is 2. The number of H-pyrrole nitrogens is 1. The molecule has 0 aliphatic heterocycles. The van der Waals surface area contributed by atoms with Crippen molar-refractivity contribution in [2.45, 2.75) is 25.9 Å². The SMILES string of the molecule is CCC(C)(O)c1ccc(-c2cnc3[nH]cc(/C=C/C(N)=O)c3c2)cc1. The molecule has 0 bridgehead atoms. The van der Waals surface area contributed by atoms with E-state index in [9.17, 15) is 9.90 Å². The highest BCUT2D eigenvalue weighted by Crippen LogP contribution is 2.29. The second-order valence-electron chi connectivity index (χ2n) is 6.30. The number of nitrogens with one attached hydrogen (secondary N) is 1. The maximum Gasteiger partial charge on any atom is 0.241 e. The topological polar surface area (TPSA) is 92.0 Å². The molecule has 2 aromatic heterocycles. The van der Waals surface area contributed by atoms with E-state index in [0.29, 0.717) is 6.42 Å². The van der Waals surface area contributed by atoms with Crippen LogP contribution in [-0.4, -0.2) is 21.0 Å². The molecule has 4 N–H and O–H groups in total. The third-order valence-electron chi connectivity index (χ3n) is 4.52. The van der Waals surface area contributed by atoms with E-state index in [4.69, 9.17) is 5.73 Å². The number of nitrogens with zero attached hydrogens (tertiary/aromatic N) is 1. The zero-order valence-corrected chi connectivity index (χ0v) is 14.3. The number of nitrogens with two attached hydrogens (primary N) is 1. The Morgan fingerprint density at radius 1 is 1.32 bits per heavy atom. The number of carbonyl (C=O) groups excluding carboxylic acids is 1. The molecule has 0 saturated carbocycles. The van der Waals surface area contributed by atoms with Crippen LogP contribution >= 0.6 is 0 Å². The van der Waals surface area contributed by atoms with Crippen molar-refractivity contribution in [3.8, 4) is 11.1 Å². The molecule has 0 spiro atoms. The minimum Gasteiger partial charge on any atom is -0.385 e. The summed E-state index contributed by atoms with van der Waals surface area (Å²) in [6.45, 7) is 3.77. The summed E-state index contributed by atoms with van der Waals surface area (Å²) in [7, 11) is 0. The summed E-state index contributed by atoms with van der Waals surface area (Å²) < 4.78 is 0. The van der Waals surface area contributed by atoms with Crippen molar-refractivity contribution in [1.29, 1.82) is 0 Å². The third-order valence-corrected chi connectivity index (χ3v) is 4.52. The van der Waals surface area contributed by atoms with Crippen LogP contribution in [0.25, 0.3) is 28.2 Å². The van der Waals surface area contributed by atoms with E-state index in [2.05, 4.69) is 9.97 Å². The molecule has 3 aromatic rings. The summed E-state index contributed by atoms with van der Waals surface area (Å²) in [5.41, 5.74) is 8.80. The van der Waals surface area contributed by atoms with Crippen molar-refractivity contribution in [2.75, 3.05) is 0 Å². The Morgan fingerprint density at radius 3 is 2.68 bits per heavy atom. The lowest BCUT2D eigenvalue weighted by molar-refractivity contribution is -0.113. The Bertz CT molecular complexity index is 937. The van der Waals surface area contributed by atoms with Gasteiger partial charge in [-0.05, 0) is 36.6 Å². The second kappa shape index (κ2) is 6.53. The van der Waals surface area contributed by atoms with Crippen LogP contribution in [0.1, 0.15) is 31.4 Å². The van der Waals surface area contributed by atoms with E-state index in [-0.39, 0.29) is 0 Å². The number of carbonyl (C=O) groups is 1. The zero-order chi connectivity index (χ0) is 18.0. The average Bonchev–Trinajstić information content (AvgIpc) is 3.02. The Morgan fingerprint density at radius 2 is 2.04 bits per heavy atom. The highest BCUT2D eigenvalue weighted by atomic mass is 16.3. The van der Waals surface area contributed by atoms with E-state index < -0.39 is 11.5 Å². The predicted molar refractivity (Wildman–Crippen MR) is 99.6 cm³/mol. The first-order valence-corrected chi connectivity index (χ1v) is 8.18. The van der Waals surface area contributed by atoms with Crippen LogP contribution in [-0.2, 0) is 10.4 Å². The summed E-state index contributed by atoms with van der Waals surface area (Å²) in [5.74, 6) is -0.489. The summed E-state index contributed by atoms with van der Waals surface area (Å²) in [6.07, 6.45) is 7.25. The molecule has 5 nitrogen and oxygen atoms in total. The fraction of sp³-hybridized carbons (Fsp3) is 0.200. The molecule has 1 aromatic carbocycles. The predicted octanol–water partition coefficient (Wildman–Crippen LogP) is 3.35. The minimum atomic E-state index is -0.825. The molecule has 0 aliphatic rings. The van der Waals surface area contributed by atoms with Gasteiger partial charge < -0.3 is 15.8 Å². The first kappa shape index (κ1) is 16.9. The lowest BCUT2D eigenvalue weighted by Gasteiger charge is -2.22. The van der Waals surface area contributed by atoms with Gasteiger partial charge in [0, 0.05) is 35.0 Å². The van der Waals surface area contributed by atoms with Gasteiger partial charge in [0.2, 0.25) is 5.91 Å². The first-order chi connectivity index (χ1) is 11.9. The van der Waals surface area contributed by atoms with Gasteiger partial charge in [0.05, 0.1) is 5.60 Å². The lowest BCUT2D eigenvalue weighted by atomic mass is 9.92. The molecule has 2 heterocycles. The molecule has 1 unspecified atom stereocenters. The van der Waals surface area contributed by atoms with Gasteiger partial charge in [-0.15, -0.1) is 0 Å². The van der Waals surface area contributed by atoms with E-state index in [1.165, 1.54) is 6.08 Å². The van der Waals surface area contributed by atoms with Gasteiger partial charge in [-0.3, -0.25) is 4.79 Å². The fourth-order valence-corrected chi connectivity index (χ4v) is 2.72. The molecular formula is C20H21N3O2. The molecule has 5 heteroatoms. The number of rotatable bonds is 5. The molecule has 1 atom stereocenters. The Kier molecular flexibility index (Phi) is 4.42. The van der Waals surface area contributed by atoms with Gasteiger partial charge in [-0.2, -0.15) is 0 Å². The molecule has 3 rings (SSSR count). The summed E-state index contributed by atoms with van der Waals surface area (Å²) in [4.78, 5) is 18.5. The molecule has 0 saturated heterocycles. The van der Waals surface area contributed by atoms with Gasteiger partial charge in [0.15, 0.2) is 0 Å². The zero-order valence-electron chi connectivity index (χ0n) is 14.3. The maximum atomic E-state index is 10.9. The van der Waals surface area contributed by atoms with E-state index in [1.807, 2.05) is 44.2 Å². The van der Waals surface area contributed by atoms with E-state index in [0.717, 1.165) is 33.3 Å². The van der Waals surface area contributed by atoms with Crippen molar-refractivity contribution in [2.24, 2.45) is 5.73 Å². The lowest BCUT2D eigenvalue weighted by Crippen LogP contribution is -2.19. The molecule has 128 valence electrons. The van der Waals surface area contributed by atoms with Crippen LogP contribution in [0.15, 0.2) is 48.8 Å². The first-order valence-electron chi connectivity index (χ1n) is 8.18. The van der Waals surface area contributed by atoms with Crippen molar-refractivity contribution < 1.29 is 9.90 Å². The Labute approximate surface area is 146 Å². The molecule has 1 amide bonds. The summed E-state index contributed by atoms with van der Waals surface area (Å²) in [5, 5.41) is 11.3. The number of amides is 1. The molecule has 0 aliphatic carbocycles. The minimum absolute atomic E-state index is 0.489. The Hall–Kier alpha value is -2.92.